The zero-order valence-electron chi connectivity index (χ0n) is 18.6. The number of halogens is 2. The number of fused-ring (bicyclic) bond motifs is 1. The van der Waals surface area contributed by atoms with Crippen LogP contribution in [0.4, 0.5) is 14.6 Å². The first-order valence-corrected chi connectivity index (χ1v) is 12.5. The number of nitrogens with one attached hydrogen (secondary N) is 2. The van der Waals surface area contributed by atoms with Crippen LogP contribution in [0.5, 0.6) is 0 Å². The smallest absolute Gasteiger partial charge is 0.241 e. The summed E-state index contributed by atoms with van der Waals surface area (Å²) < 4.78 is 56.0. The van der Waals surface area contributed by atoms with Crippen molar-refractivity contribution in [1.29, 1.82) is 0 Å². The highest BCUT2D eigenvalue weighted by Gasteiger charge is 2.23. The van der Waals surface area contributed by atoms with Gasteiger partial charge in [-0.25, -0.2) is 36.6 Å². The van der Waals surface area contributed by atoms with Crippen molar-refractivity contribution in [2.75, 3.05) is 18.8 Å². The van der Waals surface area contributed by atoms with Crippen molar-refractivity contribution < 1.29 is 17.2 Å². The molecular weight excluding hydrogens is 476 g/mol. The fourth-order valence-corrected chi connectivity index (χ4v) is 5.28. The molecule has 0 radical (unpaired) electrons. The van der Waals surface area contributed by atoms with Gasteiger partial charge in [0.15, 0.2) is 5.65 Å². The normalized spacial score (nSPS) is 16.6. The number of benzene rings is 2. The van der Waals surface area contributed by atoms with Crippen molar-refractivity contribution in [1.82, 2.24) is 29.8 Å². The van der Waals surface area contributed by atoms with Crippen molar-refractivity contribution in [3.63, 3.8) is 0 Å². The molecule has 1 aliphatic heterocycles. The van der Waals surface area contributed by atoms with Crippen molar-refractivity contribution in [3.8, 4) is 11.3 Å². The maximum absolute atomic E-state index is 13.4. The van der Waals surface area contributed by atoms with Gasteiger partial charge < -0.3 is 11.1 Å². The van der Waals surface area contributed by atoms with Crippen LogP contribution in [0.15, 0.2) is 53.7 Å². The van der Waals surface area contributed by atoms with Crippen LogP contribution in [0.2, 0.25) is 0 Å². The number of hydrogen-bond donors (Lipinski definition) is 3. The van der Waals surface area contributed by atoms with Crippen LogP contribution < -0.4 is 15.8 Å². The lowest BCUT2D eigenvalue weighted by Gasteiger charge is -2.23. The molecule has 1 fully saturated rings. The van der Waals surface area contributed by atoms with Gasteiger partial charge in [-0.2, -0.15) is 5.10 Å². The Morgan fingerprint density at radius 2 is 1.86 bits per heavy atom. The van der Waals surface area contributed by atoms with Gasteiger partial charge in [0.2, 0.25) is 10.0 Å². The monoisotopic (exact) mass is 499 g/mol. The highest BCUT2D eigenvalue weighted by molar-refractivity contribution is 7.89. The summed E-state index contributed by atoms with van der Waals surface area (Å²) in [4.78, 5) is 8.09. The summed E-state index contributed by atoms with van der Waals surface area (Å²) in [6.45, 7) is 1.70. The Morgan fingerprint density at radius 3 is 2.54 bits per heavy atom. The second-order valence-electron chi connectivity index (χ2n) is 8.38. The molecule has 5 rings (SSSR count). The van der Waals surface area contributed by atoms with Gasteiger partial charge in [0.05, 0.1) is 16.3 Å². The first kappa shape index (κ1) is 23.3. The fraction of sp³-hybridized carbons (Fsp3) is 0.261. The third kappa shape index (κ3) is 4.72. The number of piperidine rings is 1. The van der Waals surface area contributed by atoms with E-state index in [0.717, 1.165) is 43.6 Å². The van der Waals surface area contributed by atoms with E-state index >= 15 is 0 Å². The fourth-order valence-electron chi connectivity index (χ4n) is 4.22. The Hall–Kier alpha value is -3.48. The SMILES string of the molecule is Nc1ncnc2c1c(-c1ccc(CNS(=O)(=O)c3cc(F)cc(F)c3)cc1)nn2C1CCCNC1. The summed E-state index contributed by atoms with van der Waals surface area (Å²) in [5.74, 6) is -1.60. The van der Waals surface area contributed by atoms with Gasteiger partial charge in [0.25, 0.3) is 0 Å². The van der Waals surface area contributed by atoms with Crippen molar-refractivity contribution in [2.24, 2.45) is 0 Å². The first-order chi connectivity index (χ1) is 16.8. The number of aromatic nitrogens is 4. The maximum atomic E-state index is 13.4. The van der Waals surface area contributed by atoms with Crippen LogP contribution in [0.1, 0.15) is 24.4 Å². The second-order valence-corrected chi connectivity index (χ2v) is 10.1. The summed E-state index contributed by atoms with van der Waals surface area (Å²) in [6.07, 6.45) is 3.44. The Morgan fingerprint density at radius 1 is 1.11 bits per heavy atom. The topological polar surface area (TPSA) is 128 Å². The molecule has 0 saturated carbocycles. The summed E-state index contributed by atoms with van der Waals surface area (Å²) in [6, 6.07) is 9.41. The lowest BCUT2D eigenvalue weighted by Crippen LogP contribution is -2.32. The quantitative estimate of drug-likeness (QED) is 0.372. The van der Waals surface area contributed by atoms with Gasteiger partial charge in [-0.15, -0.1) is 0 Å². The third-order valence-corrected chi connectivity index (χ3v) is 7.36. The van der Waals surface area contributed by atoms with E-state index in [-0.39, 0.29) is 12.6 Å². The standard InChI is InChI=1S/C23H23F2N7O2S/c24-16-8-17(25)10-19(9-16)35(33,34)30-11-14-3-5-15(6-4-14)21-20-22(26)28-13-29-23(20)32(31-21)18-2-1-7-27-12-18/h3-6,8-10,13,18,27,30H,1-2,7,11-12H2,(H2,26,28,29). The molecular formula is C23H23F2N7O2S. The average Bonchev–Trinajstić information content (AvgIpc) is 3.24. The highest BCUT2D eigenvalue weighted by Crippen LogP contribution is 2.33. The summed E-state index contributed by atoms with van der Waals surface area (Å²) in [5.41, 5.74) is 8.93. The van der Waals surface area contributed by atoms with Gasteiger partial charge in [-0.05, 0) is 37.1 Å². The lowest BCUT2D eigenvalue weighted by molar-refractivity contribution is 0.354. The van der Waals surface area contributed by atoms with Crippen LogP contribution in [0.3, 0.4) is 0 Å². The van der Waals surface area contributed by atoms with Crippen LogP contribution in [-0.4, -0.2) is 41.3 Å². The van der Waals surface area contributed by atoms with E-state index in [2.05, 4.69) is 20.0 Å². The number of nitrogens with two attached hydrogens (primary N) is 1. The van der Waals surface area contributed by atoms with Crippen LogP contribution >= 0.6 is 0 Å². The molecule has 1 unspecified atom stereocenters. The number of hydrogen-bond acceptors (Lipinski definition) is 7. The van der Waals surface area contributed by atoms with E-state index in [1.54, 1.807) is 12.1 Å². The summed E-state index contributed by atoms with van der Waals surface area (Å²) >= 11 is 0. The minimum absolute atomic E-state index is 0.0606. The molecule has 1 saturated heterocycles. The van der Waals surface area contributed by atoms with Gasteiger partial charge >= 0.3 is 0 Å². The molecule has 0 bridgehead atoms. The first-order valence-electron chi connectivity index (χ1n) is 11.1. The van der Waals surface area contributed by atoms with E-state index < -0.39 is 26.6 Å². The van der Waals surface area contributed by atoms with E-state index in [1.165, 1.54) is 6.33 Å². The van der Waals surface area contributed by atoms with Crippen LogP contribution in [0.25, 0.3) is 22.3 Å². The molecule has 182 valence electrons. The van der Waals surface area contributed by atoms with Crippen LogP contribution in [0, 0.1) is 11.6 Å². The molecule has 0 amide bonds. The zero-order valence-corrected chi connectivity index (χ0v) is 19.4. The van der Waals surface area contributed by atoms with E-state index in [1.807, 2.05) is 16.8 Å². The molecule has 1 aliphatic rings. The summed E-state index contributed by atoms with van der Waals surface area (Å²) in [5, 5.41) is 8.87. The van der Waals surface area contributed by atoms with E-state index in [4.69, 9.17) is 10.8 Å². The zero-order chi connectivity index (χ0) is 24.6. The van der Waals surface area contributed by atoms with Crippen molar-refractivity contribution >= 4 is 26.9 Å². The van der Waals surface area contributed by atoms with E-state index in [0.29, 0.717) is 34.2 Å². The number of nitrogen functional groups attached to an aromatic ring is 1. The molecule has 4 aromatic rings. The van der Waals surface area contributed by atoms with Crippen LogP contribution in [-0.2, 0) is 16.6 Å². The largest absolute Gasteiger partial charge is 0.383 e. The molecule has 4 N–H and O–H groups in total. The number of anilines is 1. The molecule has 0 aliphatic carbocycles. The minimum atomic E-state index is -4.09. The Labute approximate surface area is 200 Å². The minimum Gasteiger partial charge on any atom is -0.383 e. The highest BCUT2D eigenvalue weighted by atomic mass is 32.2. The van der Waals surface area contributed by atoms with E-state index in [9.17, 15) is 17.2 Å². The molecule has 9 nitrogen and oxygen atoms in total. The predicted octanol–water partition coefficient (Wildman–Crippen LogP) is 2.76. The predicted molar refractivity (Wildman–Crippen MR) is 127 cm³/mol. The second kappa shape index (κ2) is 9.29. The Balaban J connectivity index is 1.40. The van der Waals surface area contributed by atoms with Gasteiger partial charge in [-0.3, -0.25) is 0 Å². The average molecular weight is 500 g/mol. The molecule has 0 spiro atoms. The third-order valence-electron chi connectivity index (χ3n) is 5.97. The van der Waals surface area contributed by atoms with Crippen molar-refractivity contribution in [2.45, 2.75) is 30.3 Å². The number of sulfonamides is 1. The van der Waals surface area contributed by atoms with Gasteiger partial charge in [0, 0.05) is 24.7 Å². The summed E-state index contributed by atoms with van der Waals surface area (Å²) in [7, 11) is -4.09. The number of rotatable bonds is 6. The lowest BCUT2D eigenvalue weighted by atomic mass is 10.1. The maximum Gasteiger partial charge on any atom is 0.241 e. The Bertz CT molecular complexity index is 1460. The van der Waals surface area contributed by atoms with Crippen molar-refractivity contribution in [3.05, 3.63) is 66.0 Å². The molecule has 35 heavy (non-hydrogen) atoms. The Kier molecular flexibility index (Phi) is 6.17. The molecule has 12 heteroatoms. The number of nitrogens with zero attached hydrogens (tertiary/aromatic N) is 4. The molecule has 2 aromatic carbocycles. The van der Waals surface area contributed by atoms with Gasteiger partial charge in [-0.1, -0.05) is 24.3 Å². The molecule has 3 heterocycles. The molecule has 2 aromatic heterocycles. The molecule has 1 atom stereocenters. The van der Waals surface area contributed by atoms with Gasteiger partial charge in [0.1, 0.15) is 29.5 Å².